The number of pyridine rings is 1. The average molecular weight is 478 g/mol. The molecule has 1 amide bonds. The number of aryl methyl sites for hydroxylation is 2. The normalized spacial score (nSPS) is 15.2. The summed E-state index contributed by atoms with van der Waals surface area (Å²) in [6, 6.07) is 12.5. The number of fused-ring (bicyclic) bond motifs is 2. The monoisotopic (exact) mass is 477 g/mol. The quantitative estimate of drug-likeness (QED) is 0.467. The molecule has 180 valence electrons. The van der Waals surface area contributed by atoms with Crippen molar-refractivity contribution in [2.24, 2.45) is 0 Å². The fraction of sp³-hybridized carbons (Fsp3) is 0.296. The summed E-state index contributed by atoms with van der Waals surface area (Å²) >= 11 is 0. The smallest absolute Gasteiger partial charge is 0.356 e. The van der Waals surface area contributed by atoms with Crippen molar-refractivity contribution < 1.29 is 23.1 Å². The minimum Gasteiger partial charge on any atom is -0.464 e. The molecule has 0 aliphatic carbocycles. The van der Waals surface area contributed by atoms with Gasteiger partial charge in [-0.05, 0) is 66.3 Å². The summed E-state index contributed by atoms with van der Waals surface area (Å²) in [4.78, 5) is 31.7. The Morgan fingerprint density at radius 3 is 2.57 bits per heavy atom. The van der Waals surface area contributed by atoms with Crippen molar-refractivity contribution in [3.05, 3.63) is 71.0 Å². The molecule has 0 bridgehead atoms. The van der Waals surface area contributed by atoms with Crippen LogP contribution in [0.2, 0.25) is 0 Å². The fourth-order valence-electron chi connectivity index (χ4n) is 4.91. The van der Waals surface area contributed by atoms with Crippen LogP contribution in [0.25, 0.3) is 11.1 Å². The molecule has 5 rings (SSSR count). The standard InChI is InChI=1S/C27H25F2N3O3/c1-31-23-13-19(8-5-16(23)7-10-25(31)33)32-11-3-4-17-12-20(21(26(28)29)14-24(17)32)18-6-9-22(30-15-18)27(34)35-2/h5-6,8-9,12-15,26H,3-4,7,10-11H2,1-2H3. The van der Waals surface area contributed by atoms with E-state index >= 15 is 0 Å². The summed E-state index contributed by atoms with van der Waals surface area (Å²) in [6.45, 7) is 0.695. The van der Waals surface area contributed by atoms with Crippen LogP contribution in [0.15, 0.2) is 48.7 Å². The Morgan fingerprint density at radius 2 is 1.86 bits per heavy atom. The molecule has 0 N–H and O–H groups in total. The predicted octanol–water partition coefficient (Wildman–Crippen LogP) is 5.47. The number of rotatable bonds is 4. The van der Waals surface area contributed by atoms with Gasteiger partial charge in [-0.2, -0.15) is 0 Å². The summed E-state index contributed by atoms with van der Waals surface area (Å²) < 4.78 is 33.1. The molecule has 0 fully saturated rings. The van der Waals surface area contributed by atoms with Crippen LogP contribution >= 0.6 is 0 Å². The van der Waals surface area contributed by atoms with Crippen molar-refractivity contribution in [3.63, 3.8) is 0 Å². The fourth-order valence-corrected chi connectivity index (χ4v) is 4.91. The van der Waals surface area contributed by atoms with E-state index in [9.17, 15) is 18.4 Å². The number of aromatic nitrogens is 1. The van der Waals surface area contributed by atoms with E-state index in [4.69, 9.17) is 0 Å². The lowest BCUT2D eigenvalue weighted by molar-refractivity contribution is -0.118. The first kappa shape index (κ1) is 23.0. The second-order valence-electron chi connectivity index (χ2n) is 8.81. The third kappa shape index (κ3) is 4.13. The van der Waals surface area contributed by atoms with E-state index < -0.39 is 12.4 Å². The highest BCUT2D eigenvalue weighted by Crippen LogP contribution is 2.42. The van der Waals surface area contributed by atoms with Gasteiger partial charge < -0.3 is 14.5 Å². The Labute approximate surface area is 202 Å². The lowest BCUT2D eigenvalue weighted by Crippen LogP contribution is -2.31. The number of benzene rings is 2. The highest BCUT2D eigenvalue weighted by molar-refractivity contribution is 5.96. The molecule has 0 saturated heterocycles. The first-order valence-corrected chi connectivity index (χ1v) is 11.5. The van der Waals surface area contributed by atoms with E-state index in [1.807, 2.05) is 24.3 Å². The van der Waals surface area contributed by atoms with E-state index in [2.05, 4.69) is 14.6 Å². The summed E-state index contributed by atoms with van der Waals surface area (Å²) in [5, 5.41) is 0. The molecule has 6 nitrogen and oxygen atoms in total. The molecule has 8 heteroatoms. The van der Waals surface area contributed by atoms with Gasteiger partial charge in [-0.25, -0.2) is 18.6 Å². The molecule has 2 aliphatic heterocycles. The molecular weight excluding hydrogens is 452 g/mol. The van der Waals surface area contributed by atoms with E-state index in [1.165, 1.54) is 19.4 Å². The maximum Gasteiger partial charge on any atom is 0.356 e. The van der Waals surface area contributed by atoms with Gasteiger partial charge in [0.15, 0.2) is 0 Å². The maximum absolute atomic E-state index is 14.2. The van der Waals surface area contributed by atoms with Crippen LogP contribution in [-0.2, 0) is 22.4 Å². The molecule has 0 unspecified atom stereocenters. The number of ether oxygens (including phenoxy) is 1. The molecule has 0 spiro atoms. The summed E-state index contributed by atoms with van der Waals surface area (Å²) in [6.07, 6.45) is 1.57. The predicted molar refractivity (Wildman–Crippen MR) is 129 cm³/mol. The molecule has 2 aliphatic rings. The second kappa shape index (κ2) is 9.09. The van der Waals surface area contributed by atoms with Crippen molar-refractivity contribution in [2.75, 3.05) is 30.5 Å². The highest BCUT2D eigenvalue weighted by Gasteiger charge is 2.27. The lowest BCUT2D eigenvalue weighted by Gasteiger charge is -2.34. The number of hydrogen-bond acceptors (Lipinski definition) is 5. The van der Waals surface area contributed by atoms with Crippen LogP contribution in [0, 0.1) is 0 Å². The van der Waals surface area contributed by atoms with E-state index in [0.717, 1.165) is 41.0 Å². The van der Waals surface area contributed by atoms with E-state index in [1.54, 1.807) is 24.1 Å². The number of carbonyl (C=O) groups is 2. The lowest BCUT2D eigenvalue weighted by atomic mass is 9.92. The van der Waals surface area contributed by atoms with Gasteiger partial charge in [-0.15, -0.1) is 0 Å². The Morgan fingerprint density at radius 1 is 1.03 bits per heavy atom. The van der Waals surface area contributed by atoms with Crippen molar-refractivity contribution >= 4 is 28.9 Å². The Balaban J connectivity index is 1.56. The van der Waals surface area contributed by atoms with Crippen LogP contribution < -0.4 is 9.80 Å². The number of anilines is 3. The van der Waals surface area contributed by atoms with Gasteiger partial charge in [0.25, 0.3) is 6.43 Å². The van der Waals surface area contributed by atoms with Crippen LogP contribution in [0.5, 0.6) is 0 Å². The SMILES string of the molecule is COC(=O)c1ccc(-c2cc3c(cc2C(F)F)N(c2ccc4c(c2)N(C)C(=O)CC4)CCC3)cn1. The van der Waals surface area contributed by atoms with Crippen molar-refractivity contribution in [2.45, 2.75) is 32.1 Å². The molecule has 35 heavy (non-hydrogen) atoms. The summed E-state index contributed by atoms with van der Waals surface area (Å²) in [5.74, 6) is -0.505. The molecular formula is C27H25F2N3O3. The molecule has 0 radical (unpaired) electrons. The number of hydrogen-bond donors (Lipinski definition) is 0. The zero-order valence-corrected chi connectivity index (χ0v) is 19.6. The first-order chi connectivity index (χ1) is 16.9. The van der Waals surface area contributed by atoms with Gasteiger partial charge >= 0.3 is 5.97 Å². The number of halogens is 2. The number of nitrogens with zero attached hydrogens (tertiary/aromatic N) is 3. The summed E-state index contributed by atoms with van der Waals surface area (Å²) in [7, 11) is 3.04. The van der Waals surface area contributed by atoms with Gasteiger partial charge in [-0.1, -0.05) is 12.1 Å². The molecule has 3 heterocycles. The summed E-state index contributed by atoms with van der Waals surface area (Å²) in [5.41, 5.74) is 5.52. The third-order valence-corrected chi connectivity index (χ3v) is 6.80. The molecule has 3 aromatic rings. The van der Waals surface area contributed by atoms with E-state index in [-0.39, 0.29) is 17.2 Å². The van der Waals surface area contributed by atoms with Crippen LogP contribution in [-0.4, -0.2) is 37.6 Å². The zero-order chi connectivity index (χ0) is 24.7. The minimum absolute atomic E-state index is 0.0742. The second-order valence-corrected chi connectivity index (χ2v) is 8.81. The van der Waals surface area contributed by atoms with Crippen molar-refractivity contribution in [1.29, 1.82) is 0 Å². The van der Waals surface area contributed by atoms with Crippen molar-refractivity contribution in [1.82, 2.24) is 4.98 Å². The van der Waals surface area contributed by atoms with Gasteiger partial charge in [0.1, 0.15) is 5.69 Å². The first-order valence-electron chi connectivity index (χ1n) is 11.5. The molecule has 2 aromatic carbocycles. The van der Waals surface area contributed by atoms with E-state index in [0.29, 0.717) is 30.5 Å². The van der Waals surface area contributed by atoms with Crippen molar-refractivity contribution in [3.8, 4) is 11.1 Å². The average Bonchev–Trinajstić information content (AvgIpc) is 2.89. The number of carbonyl (C=O) groups excluding carboxylic acids is 2. The largest absolute Gasteiger partial charge is 0.464 e. The molecule has 1 aromatic heterocycles. The van der Waals surface area contributed by atoms with Crippen LogP contribution in [0.3, 0.4) is 0 Å². The van der Waals surface area contributed by atoms with Gasteiger partial charge in [-0.3, -0.25) is 4.79 Å². The number of alkyl halides is 2. The molecule has 0 atom stereocenters. The zero-order valence-electron chi connectivity index (χ0n) is 19.6. The topological polar surface area (TPSA) is 62.7 Å². The maximum atomic E-state index is 14.2. The Bertz CT molecular complexity index is 1310. The third-order valence-electron chi connectivity index (χ3n) is 6.80. The van der Waals surface area contributed by atoms with Gasteiger partial charge in [0, 0.05) is 54.4 Å². The Hall–Kier alpha value is -3.81. The molecule has 0 saturated carbocycles. The number of amides is 1. The van der Waals surface area contributed by atoms with Crippen LogP contribution in [0.4, 0.5) is 25.8 Å². The minimum atomic E-state index is -2.69. The van der Waals surface area contributed by atoms with Crippen LogP contribution in [0.1, 0.15) is 46.4 Å². The van der Waals surface area contributed by atoms with Gasteiger partial charge in [0.05, 0.1) is 7.11 Å². The highest BCUT2D eigenvalue weighted by atomic mass is 19.3. The number of methoxy groups -OCH3 is 1. The Kier molecular flexibility index (Phi) is 5.96. The van der Waals surface area contributed by atoms with Gasteiger partial charge in [0.2, 0.25) is 5.91 Å². The number of esters is 1.